The highest BCUT2D eigenvalue weighted by Gasteiger charge is 2.30. The third-order valence-electron chi connectivity index (χ3n) is 10.6. The van der Waals surface area contributed by atoms with Crippen LogP contribution in [-0.4, -0.2) is 79.7 Å². The number of carbonyl (C=O) groups is 4. The van der Waals surface area contributed by atoms with Crippen LogP contribution in [0.4, 0.5) is 30.7 Å². The maximum atomic E-state index is 14.3. The van der Waals surface area contributed by atoms with Crippen molar-refractivity contribution in [2.24, 2.45) is 14.1 Å². The Morgan fingerprint density at radius 1 is 0.583 bits per heavy atom. The zero-order valence-electron chi connectivity index (χ0n) is 37.3. The first-order valence-electron chi connectivity index (χ1n) is 20.8. The van der Waals surface area contributed by atoms with Crippen molar-refractivity contribution >= 4 is 57.1 Å². The van der Waals surface area contributed by atoms with Gasteiger partial charge in [0, 0.05) is 59.0 Å². The summed E-state index contributed by atoms with van der Waals surface area (Å²) in [4.78, 5) is 85.5. The molecule has 0 aliphatic carbocycles. The van der Waals surface area contributed by atoms with Gasteiger partial charge in [0.15, 0.2) is 34.1 Å². The van der Waals surface area contributed by atoms with Gasteiger partial charge in [0.05, 0.1) is 23.4 Å². The van der Waals surface area contributed by atoms with Crippen LogP contribution in [0.3, 0.4) is 0 Å². The molecule has 7 heterocycles. The predicted octanol–water partition coefficient (Wildman–Crippen LogP) is 4.22. The first-order chi connectivity index (χ1) is 34.0. The van der Waals surface area contributed by atoms with Crippen LogP contribution in [0.25, 0.3) is 33.5 Å². The molecule has 4 amide bonds. The fraction of sp³-hybridized carbons (Fsp3) is 0.205. The summed E-state index contributed by atoms with van der Waals surface area (Å²) in [5.74, 6) is -9.42. The number of oxazole rings is 2. The van der Waals surface area contributed by atoms with Gasteiger partial charge in [-0.1, -0.05) is 18.2 Å². The molecule has 0 spiro atoms. The molecule has 0 radical (unpaired) electrons. The molecule has 4 N–H and O–H groups in total. The second-order valence-electron chi connectivity index (χ2n) is 15.8. The fourth-order valence-electron chi connectivity index (χ4n) is 6.87. The number of benzene rings is 2. The number of nitrogens with one attached hydrogen (secondary N) is 4. The van der Waals surface area contributed by atoms with Crippen molar-refractivity contribution in [1.82, 2.24) is 64.6 Å². The molecular formula is C44H34F7N13O8. The molecule has 0 bridgehead atoms. The molecule has 9 rings (SSSR count). The molecule has 28 heteroatoms. The average molecular weight is 1010 g/mol. The van der Waals surface area contributed by atoms with E-state index in [-0.39, 0.29) is 36.7 Å². The van der Waals surface area contributed by atoms with E-state index in [1.165, 1.54) is 28.4 Å². The van der Waals surface area contributed by atoms with Crippen LogP contribution in [0.2, 0.25) is 0 Å². The number of alkyl halides is 5. The minimum atomic E-state index is -4.67. The standard InChI is InChI=1S/C25H20F3N7O4.C19H14F4N6O4/c1-25(27,28)20-6-4-14(10-29-20)11-31-23(37)18-8-16(33-21-15(26)12-32-35(18)21)22(36)30-9-13-3-5-19-17(7-13)34(2)24(38)39-19;1-28-12-4-9(2-3-14(12)33-18(28)32)6-24-16(30)11-5-13(17(31)25-8-19(21,22)23)29-15(27-11)10(20)7-26-29/h3-8,10,12H,9,11H2,1-2H3,(H,30,36)(H,31,37);2-5,7H,6,8H2,1H3,(H,24,30)(H,25,31). The SMILES string of the molecule is Cn1c(=O)oc2ccc(CNC(=O)c3cc(C(=O)NCC(F)(F)F)n4ncc(F)c4n3)cc21.Cn1c(=O)oc2ccc(CNC(=O)c3cc(C(=O)NCc4ccc(C(C)(F)F)nc4)n4ncc(F)c4n3)cc21. The fourth-order valence-corrected chi connectivity index (χ4v) is 6.87. The van der Waals surface area contributed by atoms with Gasteiger partial charge < -0.3 is 30.1 Å². The molecule has 0 aliphatic rings. The molecule has 0 saturated carbocycles. The van der Waals surface area contributed by atoms with Crippen LogP contribution in [0.5, 0.6) is 0 Å². The van der Waals surface area contributed by atoms with Gasteiger partial charge in [-0.25, -0.2) is 37.4 Å². The first kappa shape index (κ1) is 49.2. The highest BCUT2D eigenvalue weighted by molar-refractivity contribution is 5.99. The van der Waals surface area contributed by atoms with Gasteiger partial charge in [-0.15, -0.1) is 0 Å². The van der Waals surface area contributed by atoms with Crippen molar-refractivity contribution in [3.8, 4) is 0 Å². The van der Waals surface area contributed by atoms with Crippen LogP contribution in [0.15, 0.2) is 97.7 Å². The Balaban J connectivity index is 0.000000195. The van der Waals surface area contributed by atoms with E-state index >= 15 is 0 Å². The number of amides is 4. The number of hydrogen-bond acceptors (Lipinski definition) is 13. The zero-order chi connectivity index (χ0) is 51.8. The summed E-state index contributed by atoms with van der Waals surface area (Å²) in [5.41, 5.74) is 0.904. The van der Waals surface area contributed by atoms with Gasteiger partial charge in [-0.3, -0.25) is 33.3 Å². The molecule has 9 aromatic rings. The summed E-state index contributed by atoms with van der Waals surface area (Å²) in [6.07, 6.45) is -1.88. The Morgan fingerprint density at radius 3 is 1.44 bits per heavy atom. The largest absolute Gasteiger partial charge is 0.419 e. The van der Waals surface area contributed by atoms with Gasteiger partial charge in [0.25, 0.3) is 29.6 Å². The molecule has 0 aliphatic heterocycles. The molecule has 2 aromatic carbocycles. The molecule has 0 fully saturated rings. The van der Waals surface area contributed by atoms with Crippen LogP contribution in [-0.2, 0) is 39.7 Å². The second kappa shape index (κ2) is 19.3. The van der Waals surface area contributed by atoms with E-state index in [0.29, 0.717) is 43.4 Å². The first-order valence-corrected chi connectivity index (χ1v) is 20.8. The summed E-state index contributed by atoms with van der Waals surface area (Å²) in [6, 6.07) is 14.3. The number of hydrogen-bond donors (Lipinski definition) is 4. The summed E-state index contributed by atoms with van der Waals surface area (Å²) < 4.78 is 107. The summed E-state index contributed by atoms with van der Waals surface area (Å²) >= 11 is 0. The number of aromatic nitrogens is 9. The number of rotatable bonds is 12. The maximum absolute atomic E-state index is 14.3. The van der Waals surface area contributed by atoms with Crippen LogP contribution >= 0.6 is 0 Å². The highest BCUT2D eigenvalue weighted by Crippen LogP contribution is 2.25. The molecule has 21 nitrogen and oxygen atoms in total. The van der Waals surface area contributed by atoms with Crippen molar-refractivity contribution in [3.05, 3.63) is 157 Å². The van der Waals surface area contributed by atoms with Gasteiger partial charge in [0.2, 0.25) is 0 Å². The monoisotopic (exact) mass is 1010 g/mol. The van der Waals surface area contributed by atoms with Gasteiger partial charge in [0.1, 0.15) is 35.0 Å². The molecule has 0 atom stereocenters. The quantitative estimate of drug-likeness (QED) is 0.125. The average Bonchev–Trinajstić information content (AvgIpc) is 4.08. The van der Waals surface area contributed by atoms with Crippen molar-refractivity contribution < 1.29 is 58.7 Å². The highest BCUT2D eigenvalue weighted by atomic mass is 19.4. The number of carbonyl (C=O) groups excluding carboxylic acids is 4. The van der Waals surface area contributed by atoms with Crippen LogP contribution in [0, 0.1) is 11.6 Å². The summed E-state index contributed by atoms with van der Waals surface area (Å²) in [7, 11) is 3.07. The van der Waals surface area contributed by atoms with Crippen LogP contribution < -0.4 is 32.8 Å². The van der Waals surface area contributed by atoms with Gasteiger partial charge in [-0.2, -0.15) is 32.1 Å². The number of nitrogens with zero attached hydrogens (tertiary/aromatic N) is 9. The van der Waals surface area contributed by atoms with Crippen molar-refractivity contribution in [2.75, 3.05) is 6.54 Å². The number of pyridine rings is 1. The van der Waals surface area contributed by atoms with E-state index in [9.17, 15) is 59.5 Å². The Kier molecular flexibility index (Phi) is 13.2. The molecule has 0 unspecified atom stereocenters. The number of halogens is 7. The Labute approximate surface area is 396 Å². The van der Waals surface area contributed by atoms with Gasteiger partial charge >= 0.3 is 17.7 Å². The van der Waals surface area contributed by atoms with Crippen molar-refractivity contribution in [3.63, 3.8) is 0 Å². The Bertz CT molecular complexity index is 3720. The van der Waals surface area contributed by atoms with E-state index in [4.69, 9.17) is 8.83 Å². The third-order valence-corrected chi connectivity index (χ3v) is 10.6. The minimum Gasteiger partial charge on any atom is -0.408 e. The second-order valence-corrected chi connectivity index (χ2v) is 15.8. The Hall–Kier alpha value is -9.24. The molecule has 372 valence electrons. The molecule has 7 aromatic heterocycles. The zero-order valence-corrected chi connectivity index (χ0v) is 37.3. The lowest BCUT2D eigenvalue weighted by molar-refractivity contribution is -0.123. The van der Waals surface area contributed by atoms with E-state index in [1.807, 2.05) is 0 Å². The van der Waals surface area contributed by atoms with Crippen molar-refractivity contribution in [1.29, 1.82) is 0 Å². The van der Waals surface area contributed by atoms with Crippen molar-refractivity contribution in [2.45, 2.75) is 38.7 Å². The number of aryl methyl sites for hydroxylation is 2. The van der Waals surface area contributed by atoms with E-state index in [2.05, 4.69) is 41.1 Å². The van der Waals surface area contributed by atoms with E-state index < -0.39 is 88.1 Å². The third kappa shape index (κ3) is 10.5. The van der Waals surface area contributed by atoms with Gasteiger partial charge in [-0.05, 0) is 47.0 Å². The van der Waals surface area contributed by atoms with Crippen LogP contribution in [0.1, 0.15) is 71.3 Å². The molecular weight excluding hydrogens is 972 g/mol. The topological polar surface area (TPSA) is 260 Å². The maximum Gasteiger partial charge on any atom is 0.419 e. The lowest BCUT2D eigenvalue weighted by Crippen LogP contribution is -2.35. The normalized spacial score (nSPS) is 11.8. The summed E-state index contributed by atoms with van der Waals surface area (Å²) in [5, 5.41) is 16.8. The molecule has 0 saturated heterocycles. The summed E-state index contributed by atoms with van der Waals surface area (Å²) in [6.45, 7) is -0.957. The smallest absolute Gasteiger partial charge is 0.408 e. The number of fused-ring (bicyclic) bond motifs is 4. The van der Waals surface area contributed by atoms with E-state index in [1.54, 1.807) is 48.8 Å². The lowest BCUT2D eigenvalue weighted by atomic mass is 10.2. The predicted molar refractivity (Wildman–Crippen MR) is 235 cm³/mol. The minimum absolute atomic E-state index is 0.0294. The lowest BCUT2D eigenvalue weighted by Gasteiger charge is -2.11. The Morgan fingerprint density at radius 2 is 1.01 bits per heavy atom. The molecule has 72 heavy (non-hydrogen) atoms. The van der Waals surface area contributed by atoms with E-state index in [0.717, 1.165) is 42.0 Å².